The molecule has 0 saturated heterocycles. The van der Waals surface area contributed by atoms with Gasteiger partial charge in [-0.25, -0.2) is 0 Å². The second-order valence-electron chi connectivity index (χ2n) is 6.29. The Balaban J connectivity index is 1.98. The highest BCUT2D eigenvalue weighted by Crippen LogP contribution is 2.30. The van der Waals surface area contributed by atoms with Crippen molar-refractivity contribution in [3.8, 4) is 0 Å². The molecule has 1 aromatic heterocycles. The van der Waals surface area contributed by atoms with Crippen LogP contribution in [0, 0.1) is 12.8 Å². The fourth-order valence-electron chi connectivity index (χ4n) is 2.93. The lowest BCUT2D eigenvalue weighted by atomic mass is 9.93. The van der Waals surface area contributed by atoms with Gasteiger partial charge in [-0.2, -0.15) is 0 Å². The quantitative estimate of drug-likeness (QED) is 0.867. The first kappa shape index (κ1) is 15.1. The molecule has 0 bridgehead atoms. The molecule has 1 atom stereocenters. The van der Waals surface area contributed by atoms with Gasteiger partial charge in [-0.1, -0.05) is 13.8 Å². The maximum atomic E-state index is 11.8. The van der Waals surface area contributed by atoms with Crippen LogP contribution in [0.15, 0.2) is 6.07 Å². The van der Waals surface area contributed by atoms with Crippen molar-refractivity contribution in [3.63, 3.8) is 0 Å². The average molecular weight is 277 g/mol. The number of amides is 1. The van der Waals surface area contributed by atoms with Crippen LogP contribution in [0.4, 0.5) is 0 Å². The largest absolute Gasteiger partial charge is 0.356 e. The predicted octanol–water partition coefficient (Wildman–Crippen LogP) is 2.29. The van der Waals surface area contributed by atoms with Crippen molar-refractivity contribution in [1.29, 1.82) is 0 Å². The maximum absolute atomic E-state index is 11.8. The molecule has 1 aliphatic carbocycles. The van der Waals surface area contributed by atoms with E-state index in [0.29, 0.717) is 12.3 Å². The van der Waals surface area contributed by atoms with Crippen LogP contribution in [0.5, 0.6) is 0 Å². The minimum atomic E-state index is 0.139. The molecule has 20 heavy (non-hydrogen) atoms. The van der Waals surface area contributed by atoms with Gasteiger partial charge in [0.2, 0.25) is 5.91 Å². The minimum Gasteiger partial charge on any atom is -0.356 e. The Kier molecular flexibility index (Phi) is 4.86. The molecule has 0 spiro atoms. The van der Waals surface area contributed by atoms with Crippen LogP contribution in [-0.4, -0.2) is 17.0 Å². The molecule has 0 aromatic carbocycles. The summed E-state index contributed by atoms with van der Waals surface area (Å²) >= 11 is 0. The summed E-state index contributed by atoms with van der Waals surface area (Å²) in [6.45, 7) is 7.84. The van der Waals surface area contributed by atoms with Crippen molar-refractivity contribution in [1.82, 2.24) is 9.88 Å². The van der Waals surface area contributed by atoms with E-state index >= 15 is 0 Å². The Morgan fingerprint density at radius 1 is 1.55 bits per heavy atom. The molecular formula is C16H27N3O. The average Bonchev–Trinajstić information content (AvgIpc) is 2.71. The van der Waals surface area contributed by atoms with Crippen molar-refractivity contribution in [3.05, 3.63) is 23.0 Å². The SMILES string of the molecule is Cc1cc2c(n1CCC(=O)NCC(C)C)CCCC2N. The molecule has 1 amide bonds. The highest BCUT2D eigenvalue weighted by molar-refractivity contribution is 5.75. The summed E-state index contributed by atoms with van der Waals surface area (Å²) in [5.41, 5.74) is 10.0. The predicted molar refractivity (Wildman–Crippen MR) is 81.5 cm³/mol. The number of rotatable bonds is 5. The standard InChI is InChI=1S/C16H27N3O/c1-11(2)10-18-16(20)7-8-19-12(3)9-13-14(17)5-4-6-15(13)19/h9,11,14H,4-8,10,17H2,1-3H3,(H,18,20). The van der Waals surface area contributed by atoms with E-state index in [1.165, 1.54) is 17.0 Å². The number of carbonyl (C=O) groups is 1. The van der Waals surface area contributed by atoms with Gasteiger partial charge in [-0.3, -0.25) is 4.79 Å². The van der Waals surface area contributed by atoms with Gasteiger partial charge < -0.3 is 15.6 Å². The third-order valence-electron chi connectivity index (χ3n) is 4.05. The topological polar surface area (TPSA) is 60.0 Å². The van der Waals surface area contributed by atoms with Crippen molar-refractivity contribution in [2.45, 2.75) is 59.0 Å². The van der Waals surface area contributed by atoms with Crippen LogP contribution >= 0.6 is 0 Å². The molecular weight excluding hydrogens is 250 g/mol. The molecule has 1 unspecified atom stereocenters. The van der Waals surface area contributed by atoms with E-state index < -0.39 is 0 Å². The normalized spacial score (nSPS) is 18.1. The summed E-state index contributed by atoms with van der Waals surface area (Å²) < 4.78 is 2.28. The van der Waals surface area contributed by atoms with Crippen LogP contribution in [0.2, 0.25) is 0 Å². The number of carbonyl (C=O) groups excluding carboxylic acids is 1. The Hall–Kier alpha value is -1.29. The number of fused-ring (bicyclic) bond motifs is 1. The van der Waals surface area contributed by atoms with E-state index in [1.54, 1.807) is 0 Å². The number of nitrogens with zero attached hydrogens (tertiary/aromatic N) is 1. The molecule has 2 rings (SSSR count). The third kappa shape index (κ3) is 3.42. The fraction of sp³-hybridized carbons (Fsp3) is 0.688. The number of nitrogens with two attached hydrogens (primary N) is 1. The summed E-state index contributed by atoms with van der Waals surface area (Å²) in [5, 5.41) is 2.98. The monoisotopic (exact) mass is 277 g/mol. The van der Waals surface area contributed by atoms with E-state index in [0.717, 1.165) is 32.4 Å². The Morgan fingerprint density at radius 2 is 2.30 bits per heavy atom. The van der Waals surface area contributed by atoms with E-state index in [1.807, 2.05) is 0 Å². The number of hydrogen-bond donors (Lipinski definition) is 2. The second kappa shape index (κ2) is 6.44. The molecule has 0 saturated carbocycles. The second-order valence-corrected chi connectivity index (χ2v) is 6.29. The Labute approximate surface area is 121 Å². The van der Waals surface area contributed by atoms with Crippen molar-refractivity contribution >= 4 is 5.91 Å². The fourth-order valence-corrected chi connectivity index (χ4v) is 2.93. The zero-order chi connectivity index (χ0) is 14.7. The van der Waals surface area contributed by atoms with Crippen LogP contribution < -0.4 is 11.1 Å². The van der Waals surface area contributed by atoms with E-state index in [4.69, 9.17) is 5.73 Å². The number of aryl methyl sites for hydroxylation is 1. The van der Waals surface area contributed by atoms with Gasteiger partial charge in [-0.15, -0.1) is 0 Å². The lowest BCUT2D eigenvalue weighted by molar-refractivity contribution is -0.121. The number of aromatic nitrogens is 1. The summed E-state index contributed by atoms with van der Waals surface area (Å²) in [5.74, 6) is 0.638. The Bertz CT molecular complexity index is 476. The van der Waals surface area contributed by atoms with Gasteiger partial charge >= 0.3 is 0 Å². The zero-order valence-corrected chi connectivity index (χ0v) is 12.9. The molecule has 1 aliphatic rings. The van der Waals surface area contributed by atoms with E-state index in [2.05, 4.69) is 36.7 Å². The molecule has 1 aromatic rings. The van der Waals surface area contributed by atoms with Gasteiger partial charge in [0.25, 0.3) is 0 Å². The van der Waals surface area contributed by atoms with Gasteiger partial charge in [0.05, 0.1) is 0 Å². The van der Waals surface area contributed by atoms with Gasteiger partial charge in [0, 0.05) is 36.9 Å². The molecule has 1 heterocycles. The summed E-state index contributed by atoms with van der Waals surface area (Å²) in [6.07, 6.45) is 3.86. The first-order valence-electron chi connectivity index (χ1n) is 7.70. The third-order valence-corrected chi connectivity index (χ3v) is 4.05. The van der Waals surface area contributed by atoms with E-state index in [-0.39, 0.29) is 11.9 Å². The van der Waals surface area contributed by atoms with E-state index in [9.17, 15) is 4.79 Å². The molecule has 4 nitrogen and oxygen atoms in total. The smallest absolute Gasteiger partial charge is 0.221 e. The van der Waals surface area contributed by atoms with Crippen LogP contribution in [-0.2, 0) is 17.8 Å². The van der Waals surface area contributed by atoms with Crippen molar-refractivity contribution in [2.24, 2.45) is 11.7 Å². The Morgan fingerprint density at radius 3 is 3.00 bits per heavy atom. The molecule has 112 valence electrons. The minimum absolute atomic E-state index is 0.139. The summed E-state index contributed by atoms with van der Waals surface area (Å²) in [7, 11) is 0. The lowest BCUT2D eigenvalue weighted by Gasteiger charge is -2.21. The van der Waals surface area contributed by atoms with Gasteiger partial charge in [0.15, 0.2) is 0 Å². The highest BCUT2D eigenvalue weighted by Gasteiger charge is 2.22. The first-order valence-corrected chi connectivity index (χ1v) is 7.70. The molecule has 0 radical (unpaired) electrons. The van der Waals surface area contributed by atoms with Crippen molar-refractivity contribution in [2.75, 3.05) is 6.54 Å². The van der Waals surface area contributed by atoms with Crippen LogP contribution in [0.3, 0.4) is 0 Å². The summed E-state index contributed by atoms with van der Waals surface area (Å²) in [4.78, 5) is 11.8. The summed E-state index contributed by atoms with van der Waals surface area (Å²) in [6, 6.07) is 2.37. The van der Waals surface area contributed by atoms with Crippen LogP contribution in [0.25, 0.3) is 0 Å². The van der Waals surface area contributed by atoms with Crippen LogP contribution in [0.1, 0.15) is 56.1 Å². The lowest BCUT2D eigenvalue weighted by Crippen LogP contribution is -2.28. The number of hydrogen-bond acceptors (Lipinski definition) is 2. The zero-order valence-electron chi connectivity index (χ0n) is 12.9. The molecule has 0 fully saturated rings. The molecule has 4 heteroatoms. The molecule has 0 aliphatic heterocycles. The number of nitrogens with one attached hydrogen (secondary N) is 1. The van der Waals surface area contributed by atoms with Gasteiger partial charge in [0.1, 0.15) is 0 Å². The first-order chi connectivity index (χ1) is 9.49. The van der Waals surface area contributed by atoms with Crippen molar-refractivity contribution < 1.29 is 4.79 Å². The molecule has 3 N–H and O–H groups in total. The van der Waals surface area contributed by atoms with Gasteiger partial charge in [-0.05, 0) is 43.7 Å². The maximum Gasteiger partial charge on any atom is 0.221 e. The highest BCUT2D eigenvalue weighted by atomic mass is 16.1.